The first-order chi connectivity index (χ1) is 10.1. The molecule has 21 heavy (non-hydrogen) atoms. The van der Waals surface area contributed by atoms with Gasteiger partial charge in [-0.2, -0.15) is 0 Å². The molecular weight excluding hydrogens is 258 g/mol. The Morgan fingerprint density at radius 1 is 1.10 bits per heavy atom. The Kier molecular flexibility index (Phi) is 3.68. The number of nitrogens with two attached hydrogens (primary N) is 1. The zero-order chi connectivity index (χ0) is 15.0. The molecule has 3 rings (SSSR count). The van der Waals surface area contributed by atoms with E-state index in [9.17, 15) is 0 Å². The minimum absolute atomic E-state index is 0.532. The fraction of sp³-hybridized carbons (Fsp3) is 0.389. The van der Waals surface area contributed by atoms with Crippen molar-refractivity contribution in [3.05, 3.63) is 52.2 Å². The third-order valence-electron chi connectivity index (χ3n) is 4.24. The molecule has 0 amide bonds. The van der Waals surface area contributed by atoms with Crippen molar-refractivity contribution < 1.29 is 0 Å². The molecule has 3 nitrogen and oxygen atoms in total. The predicted octanol–water partition coefficient (Wildman–Crippen LogP) is 3.41. The van der Waals surface area contributed by atoms with Crippen LogP contribution < -0.4 is 10.6 Å². The summed E-state index contributed by atoms with van der Waals surface area (Å²) in [5.74, 6) is 1.00. The van der Waals surface area contributed by atoms with Gasteiger partial charge in [-0.25, -0.2) is 4.98 Å². The van der Waals surface area contributed by atoms with Crippen LogP contribution in [0.15, 0.2) is 24.3 Å². The maximum absolute atomic E-state index is 5.95. The van der Waals surface area contributed by atoms with Gasteiger partial charge in [0.1, 0.15) is 5.82 Å². The molecule has 2 N–H and O–H groups in total. The maximum Gasteiger partial charge on any atom is 0.137 e. The second-order valence-corrected chi connectivity index (χ2v) is 6.04. The van der Waals surface area contributed by atoms with Gasteiger partial charge in [-0.3, -0.25) is 0 Å². The number of fused-ring (bicyclic) bond motifs is 1. The van der Waals surface area contributed by atoms with E-state index in [0.29, 0.717) is 6.54 Å². The summed E-state index contributed by atoms with van der Waals surface area (Å²) in [5.41, 5.74) is 13.4. The summed E-state index contributed by atoms with van der Waals surface area (Å²) in [7, 11) is 2.08. The van der Waals surface area contributed by atoms with Crippen LogP contribution in [-0.4, -0.2) is 12.0 Å². The second-order valence-electron chi connectivity index (χ2n) is 6.04. The lowest BCUT2D eigenvalue weighted by molar-refractivity contribution is 0.897. The van der Waals surface area contributed by atoms with Crippen LogP contribution in [-0.2, 0) is 19.4 Å². The molecule has 0 radical (unpaired) electrons. The smallest absolute Gasteiger partial charge is 0.137 e. The molecule has 0 atom stereocenters. The van der Waals surface area contributed by atoms with Crippen molar-refractivity contribution in [1.82, 2.24) is 4.98 Å². The summed E-state index contributed by atoms with van der Waals surface area (Å²) in [4.78, 5) is 7.07. The summed E-state index contributed by atoms with van der Waals surface area (Å²) in [5, 5.41) is 0. The number of benzene rings is 1. The van der Waals surface area contributed by atoms with Crippen molar-refractivity contribution in [3.8, 4) is 0 Å². The van der Waals surface area contributed by atoms with E-state index in [1.807, 2.05) is 0 Å². The van der Waals surface area contributed by atoms with Crippen LogP contribution in [0.4, 0.5) is 11.5 Å². The van der Waals surface area contributed by atoms with E-state index in [0.717, 1.165) is 24.2 Å². The number of anilines is 2. The number of nitrogens with zero attached hydrogens (tertiary/aromatic N) is 2. The van der Waals surface area contributed by atoms with Crippen molar-refractivity contribution >= 4 is 11.5 Å². The van der Waals surface area contributed by atoms with Crippen LogP contribution >= 0.6 is 0 Å². The molecule has 0 fully saturated rings. The fourth-order valence-corrected chi connectivity index (χ4v) is 3.22. The number of pyridine rings is 1. The molecule has 1 aliphatic carbocycles. The quantitative estimate of drug-likeness (QED) is 0.937. The Hall–Kier alpha value is -1.87. The van der Waals surface area contributed by atoms with E-state index in [2.05, 4.69) is 50.1 Å². The predicted molar refractivity (Wildman–Crippen MR) is 88.1 cm³/mol. The lowest BCUT2D eigenvalue weighted by atomic mass is 10.1. The van der Waals surface area contributed by atoms with Crippen LogP contribution in [0.1, 0.15) is 34.4 Å². The molecule has 110 valence electrons. The summed E-state index contributed by atoms with van der Waals surface area (Å²) < 4.78 is 0. The third kappa shape index (κ3) is 2.66. The average Bonchev–Trinajstić information content (AvgIpc) is 2.91. The number of aryl methyl sites for hydroxylation is 4. The van der Waals surface area contributed by atoms with Gasteiger partial charge in [-0.05, 0) is 68.0 Å². The third-order valence-corrected chi connectivity index (χ3v) is 4.24. The molecule has 0 spiro atoms. The van der Waals surface area contributed by atoms with Crippen LogP contribution in [0.2, 0.25) is 0 Å². The van der Waals surface area contributed by atoms with E-state index in [4.69, 9.17) is 10.7 Å². The lowest BCUT2D eigenvalue weighted by Gasteiger charge is -2.23. The van der Waals surface area contributed by atoms with Crippen molar-refractivity contribution in [3.63, 3.8) is 0 Å². The molecule has 0 aliphatic heterocycles. The molecule has 1 heterocycles. The van der Waals surface area contributed by atoms with E-state index >= 15 is 0 Å². The first kappa shape index (κ1) is 14.1. The lowest BCUT2D eigenvalue weighted by Crippen LogP contribution is -2.16. The van der Waals surface area contributed by atoms with Gasteiger partial charge in [0.2, 0.25) is 0 Å². The second kappa shape index (κ2) is 5.49. The minimum atomic E-state index is 0.532. The zero-order valence-electron chi connectivity index (χ0n) is 13.1. The molecule has 0 unspecified atom stereocenters. The van der Waals surface area contributed by atoms with E-state index in [-0.39, 0.29) is 0 Å². The largest absolute Gasteiger partial charge is 0.329 e. The normalized spacial score (nSPS) is 13.3. The average molecular weight is 281 g/mol. The Morgan fingerprint density at radius 2 is 1.81 bits per heavy atom. The molecular formula is C18H23N3. The molecule has 0 bridgehead atoms. The number of rotatable bonds is 3. The topological polar surface area (TPSA) is 42.2 Å². The van der Waals surface area contributed by atoms with Gasteiger partial charge in [-0.1, -0.05) is 6.07 Å². The van der Waals surface area contributed by atoms with Gasteiger partial charge in [-0.15, -0.1) is 0 Å². The molecule has 0 saturated heterocycles. The van der Waals surface area contributed by atoms with E-state index < -0.39 is 0 Å². The zero-order valence-corrected chi connectivity index (χ0v) is 13.1. The Morgan fingerprint density at radius 3 is 2.48 bits per heavy atom. The van der Waals surface area contributed by atoms with Gasteiger partial charge in [0.15, 0.2) is 0 Å². The van der Waals surface area contributed by atoms with Crippen LogP contribution in [0.3, 0.4) is 0 Å². The Bertz CT molecular complexity index is 656. The van der Waals surface area contributed by atoms with Gasteiger partial charge >= 0.3 is 0 Å². The summed E-state index contributed by atoms with van der Waals surface area (Å²) in [6, 6.07) is 8.84. The Labute approximate surface area is 126 Å². The van der Waals surface area contributed by atoms with Gasteiger partial charge < -0.3 is 10.6 Å². The minimum Gasteiger partial charge on any atom is -0.329 e. The summed E-state index contributed by atoms with van der Waals surface area (Å²) >= 11 is 0. The van der Waals surface area contributed by atoms with Crippen molar-refractivity contribution in [2.75, 3.05) is 11.9 Å². The summed E-state index contributed by atoms with van der Waals surface area (Å²) in [6.07, 6.45) is 3.44. The molecule has 2 aromatic rings. The highest BCUT2D eigenvalue weighted by molar-refractivity contribution is 5.64. The monoisotopic (exact) mass is 281 g/mol. The van der Waals surface area contributed by atoms with Crippen molar-refractivity contribution in [2.24, 2.45) is 5.73 Å². The van der Waals surface area contributed by atoms with Gasteiger partial charge in [0.05, 0.1) is 0 Å². The fourth-order valence-electron chi connectivity index (χ4n) is 3.22. The van der Waals surface area contributed by atoms with Crippen LogP contribution in [0.25, 0.3) is 0 Å². The SMILES string of the molecule is Cc1cc(C)cc(N(C)c2nc3c(cc2CN)CCC3)c1. The van der Waals surface area contributed by atoms with E-state index in [1.165, 1.54) is 34.5 Å². The first-order valence-electron chi connectivity index (χ1n) is 7.62. The summed E-state index contributed by atoms with van der Waals surface area (Å²) in [6.45, 7) is 4.79. The first-order valence-corrected chi connectivity index (χ1v) is 7.62. The standard InChI is InChI=1S/C18H23N3/c1-12-7-13(2)9-16(8-12)21(3)18-15(11-19)10-14-5-4-6-17(14)20-18/h7-10H,4-6,11,19H2,1-3H3. The highest BCUT2D eigenvalue weighted by atomic mass is 15.2. The maximum atomic E-state index is 5.95. The van der Waals surface area contributed by atoms with Crippen LogP contribution in [0.5, 0.6) is 0 Å². The molecule has 1 aliphatic rings. The van der Waals surface area contributed by atoms with Crippen molar-refractivity contribution in [1.29, 1.82) is 0 Å². The molecule has 1 aromatic carbocycles. The molecule has 1 aromatic heterocycles. The highest BCUT2D eigenvalue weighted by Crippen LogP contribution is 2.31. The van der Waals surface area contributed by atoms with Crippen molar-refractivity contribution in [2.45, 2.75) is 39.7 Å². The molecule has 0 saturated carbocycles. The number of hydrogen-bond acceptors (Lipinski definition) is 3. The van der Waals surface area contributed by atoms with Gasteiger partial charge in [0, 0.05) is 30.5 Å². The van der Waals surface area contributed by atoms with Gasteiger partial charge in [0.25, 0.3) is 0 Å². The van der Waals surface area contributed by atoms with E-state index in [1.54, 1.807) is 0 Å². The number of hydrogen-bond donors (Lipinski definition) is 1. The van der Waals surface area contributed by atoms with Crippen LogP contribution in [0, 0.1) is 13.8 Å². The molecule has 3 heteroatoms. The highest BCUT2D eigenvalue weighted by Gasteiger charge is 2.18. The Balaban J connectivity index is 2.06. The number of aromatic nitrogens is 1.